The van der Waals surface area contributed by atoms with Crippen LogP contribution in [0.25, 0.3) is 10.9 Å². The first-order valence-electron chi connectivity index (χ1n) is 7.64. The number of amides is 1. The van der Waals surface area contributed by atoms with E-state index in [0.717, 1.165) is 23.7 Å². The number of H-pyrrole nitrogens is 1. The lowest BCUT2D eigenvalue weighted by molar-refractivity contribution is 0.0938. The minimum atomic E-state index is -0.0166. The van der Waals surface area contributed by atoms with Gasteiger partial charge in [0.25, 0.3) is 5.91 Å². The number of hydrogen-bond donors (Lipinski definition) is 2. The van der Waals surface area contributed by atoms with Gasteiger partial charge in [0, 0.05) is 23.3 Å². The summed E-state index contributed by atoms with van der Waals surface area (Å²) in [6.07, 6.45) is 3.79. The molecule has 3 rings (SSSR count). The Morgan fingerprint density at radius 1 is 1.14 bits per heavy atom. The maximum atomic E-state index is 12.3. The molecule has 3 heteroatoms. The van der Waals surface area contributed by atoms with Crippen molar-refractivity contribution in [2.45, 2.75) is 25.8 Å². The predicted molar refractivity (Wildman–Crippen MR) is 90.0 cm³/mol. The van der Waals surface area contributed by atoms with Gasteiger partial charge in [0.05, 0.1) is 0 Å². The molecule has 3 nitrogen and oxygen atoms in total. The lowest BCUT2D eigenvalue weighted by atomic mass is 10.1. The highest BCUT2D eigenvalue weighted by atomic mass is 16.1. The summed E-state index contributed by atoms with van der Waals surface area (Å²) in [5.74, 6) is -0.0166. The van der Waals surface area contributed by atoms with Crippen LogP contribution in [0.3, 0.4) is 0 Å². The zero-order valence-electron chi connectivity index (χ0n) is 12.7. The van der Waals surface area contributed by atoms with Crippen molar-refractivity contribution >= 4 is 16.8 Å². The molecule has 0 aliphatic rings. The number of aromatic amines is 1. The van der Waals surface area contributed by atoms with E-state index in [4.69, 9.17) is 0 Å². The van der Waals surface area contributed by atoms with Crippen LogP contribution in [-0.4, -0.2) is 16.9 Å². The summed E-state index contributed by atoms with van der Waals surface area (Å²) in [5, 5.41) is 4.19. The van der Waals surface area contributed by atoms with Gasteiger partial charge in [-0.1, -0.05) is 36.4 Å². The molecule has 1 atom stereocenters. The molecule has 112 valence electrons. The van der Waals surface area contributed by atoms with Gasteiger partial charge in [-0.3, -0.25) is 4.79 Å². The largest absolute Gasteiger partial charge is 0.361 e. The zero-order valence-corrected chi connectivity index (χ0v) is 12.7. The quantitative estimate of drug-likeness (QED) is 0.735. The molecule has 2 aromatic carbocycles. The van der Waals surface area contributed by atoms with E-state index in [1.165, 1.54) is 5.56 Å². The van der Waals surface area contributed by atoms with Gasteiger partial charge >= 0.3 is 0 Å². The smallest absolute Gasteiger partial charge is 0.251 e. The topological polar surface area (TPSA) is 44.9 Å². The Bertz CT molecular complexity index is 761. The van der Waals surface area contributed by atoms with Crippen molar-refractivity contribution < 1.29 is 4.79 Å². The standard InChI is InChI=1S/C19H20N2O/c1-14(7-8-15-5-3-2-4-6-15)21-19(22)17-10-9-16-11-12-20-18(16)13-17/h2-6,9-14,20H,7-8H2,1H3,(H,21,22). The lowest BCUT2D eigenvalue weighted by Crippen LogP contribution is -2.32. The van der Waals surface area contributed by atoms with Crippen molar-refractivity contribution in [3.8, 4) is 0 Å². The van der Waals surface area contributed by atoms with Crippen LogP contribution in [0.15, 0.2) is 60.8 Å². The number of aromatic nitrogens is 1. The fourth-order valence-corrected chi connectivity index (χ4v) is 2.60. The highest BCUT2D eigenvalue weighted by molar-refractivity contribution is 5.98. The average molecular weight is 292 g/mol. The number of hydrogen-bond acceptors (Lipinski definition) is 1. The van der Waals surface area contributed by atoms with E-state index in [2.05, 4.69) is 22.4 Å². The van der Waals surface area contributed by atoms with Gasteiger partial charge in [0.15, 0.2) is 0 Å². The van der Waals surface area contributed by atoms with Gasteiger partial charge in [-0.2, -0.15) is 0 Å². The van der Waals surface area contributed by atoms with Gasteiger partial charge in [0.2, 0.25) is 0 Å². The summed E-state index contributed by atoms with van der Waals surface area (Å²) in [4.78, 5) is 15.4. The van der Waals surface area contributed by atoms with Crippen LogP contribution in [-0.2, 0) is 6.42 Å². The number of nitrogens with one attached hydrogen (secondary N) is 2. The zero-order chi connectivity index (χ0) is 15.4. The van der Waals surface area contributed by atoms with Crippen molar-refractivity contribution in [1.82, 2.24) is 10.3 Å². The van der Waals surface area contributed by atoms with Crippen molar-refractivity contribution in [3.05, 3.63) is 71.9 Å². The molecule has 1 heterocycles. The highest BCUT2D eigenvalue weighted by Gasteiger charge is 2.10. The summed E-state index contributed by atoms with van der Waals surface area (Å²) in [7, 11) is 0. The second-order valence-electron chi connectivity index (χ2n) is 5.68. The average Bonchev–Trinajstić information content (AvgIpc) is 3.01. The molecule has 1 aromatic heterocycles. The molecule has 3 aromatic rings. The van der Waals surface area contributed by atoms with Gasteiger partial charge in [-0.15, -0.1) is 0 Å². The normalized spacial score (nSPS) is 12.2. The SMILES string of the molecule is CC(CCc1ccccc1)NC(=O)c1ccc2cc[nH]c2c1. The Hall–Kier alpha value is -2.55. The molecular weight excluding hydrogens is 272 g/mol. The van der Waals surface area contributed by atoms with Gasteiger partial charge in [-0.25, -0.2) is 0 Å². The van der Waals surface area contributed by atoms with E-state index in [1.54, 1.807) is 0 Å². The van der Waals surface area contributed by atoms with E-state index in [9.17, 15) is 4.79 Å². The molecule has 1 amide bonds. The van der Waals surface area contributed by atoms with E-state index in [1.807, 2.05) is 55.6 Å². The summed E-state index contributed by atoms with van der Waals surface area (Å²) < 4.78 is 0. The Balaban J connectivity index is 1.58. The second-order valence-corrected chi connectivity index (χ2v) is 5.68. The molecule has 22 heavy (non-hydrogen) atoms. The minimum Gasteiger partial charge on any atom is -0.361 e. The van der Waals surface area contributed by atoms with Crippen molar-refractivity contribution in [2.24, 2.45) is 0 Å². The molecule has 0 bridgehead atoms. The van der Waals surface area contributed by atoms with Crippen LogP contribution >= 0.6 is 0 Å². The van der Waals surface area contributed by atoms with E-state index < -0.39 is 0 Å². The monoisotopic (exact) mass is 292 g/mol. The van der Waals surface area contributed by atoms with Crippen molar-refractivity contribution in [3.63, 3.8) is 0 Å². The number of fused-ring (bicyclic) bond motifs is 1. The van der Waals surface area contributed by atoms with E-state index in [0.29, 0.717) is 5.56 Å². The number of carbonyl (C=O) groups is 1. The third-order valence-corrected chi connectivity index (χ3v) is 3.90. The van der Waals surface area contributed by atoms with Gasteiger partial charge in [0.1, 0.15) is 0 Å². The first-order chi connectivity index (χ1) is 10.7. The molecule has 0 aliphatic heterocycles. The lowest BCUT2D eigenvalue weighted by Gasteiger charge is -2.14. The van der Waals surface area contributed by atoms with Crippen LogP contribution < -0.4 is 5.32 Å². The minimum absolute atomic E-state index is 0.0166. The van der Waals surface area contributed by atoms with Crippen LogP contribution in [0.2, 0.25) is 0 Å². The molecule has 2 N–H and O–H groups in total. The first-order valence-corrected chi connectivity index (χ1v) is 7.64. The second kappa shape index (κ2) is 6.48. The van der Waals surface area contributed by atoms with E-state index in [-0.39, 0.29) is 11.9 Å². The summed E-state index contributed by atoms with van der Waals surface area (Å²) >= 11 is 0. The molecule has 0 saturated heterocycles. The molecule has 0 radical (unpaired) electrons. The van der Waals surface area contributed by atoms with E-state index >= 15 is 0 Å². The maximum Gasteiger partial charge on any atom is 0.251 e. The maximum absolute atomic E-state index is 12.3. The number of carbonyl (C=O) groups excluding carboxylic acids is 1. The third-order valence-electron chi connectivity index (χ3n) is 3.90. The molecule has 0 saturated carbocycles. The van der Waals surface area contributed by atoms with Crippen molar-refractivity contribution in [1.29, 1.82) is 0 Å². The molecule has 1 unspecified atom stereocenters. The van der Waals surface area contributed by atoms with Gasteiger partial charge in [-0.05, 0) is 48.9 Å². The Kier molecular flexibility index (Phi) is 4.24. The molecular formula is C19H20N2O. The molecule has 0 aliphatic carbocycles. The highest BCUT2D eigenvalue weighted by Crippen LogP contribution is 2.14. The number of rotatable bonds is 5. The summed E-state index contributed by atoms with van der Waals surface area (Å²) in [5.41, 5.74) is 2.99. The fourth-order valence-electron chi connectivity index (χ4n) is 2.60. The third kappa shape index (κ3) is 3.37. The van der Waals surface area contributed by atoms with Crippen LogP contribution in [0.1, 0.15) is 29.3 Å². The van der Waals surface area contributed by atoms with Gasteiger partial charge < -0.3 is 10.3 Å². The number of benzene rings is 2. The van der Waals surface area contributed by atoms with Crippen molar-refractivity contribution in [2.75, 3.05) is 0 Å². The summed E-state index contributed by atoms with van der Waals surface area (Å²) in [6, 6.07) is 18.2. The molecule has 0 spiro atoms. The predicted octanol–water partition coefficient (Wildman–Crippen LogP) is 3.92. The first kappa shape index (κ1) is 14.4. The summed E-state index contributed by atoms with van der Waals surface area (Å²) in [6.45, 7) is 2.05. The Labute approximate surface area is 130 Å². The molecule has 0 fully saturated rings. The van der Waals surface area contributed by atoms with Crippen LogP contribution in [0.4, 0.5) is 0 Å². The van der Waals surface area contributed by atoms with Crippen LogP contribution in [0.5, 0.6) is 0 Å². The Morgan fingerprint density at radius 3 is 2.77 bits per heavy atom. The number of aryl methyl sites for hydroxylation is 1. The Morgan fingerprint density at radius 2 is 1.95 bits per heavy atom. The fraction of sp³-hybridized carbons (Fsp3) is 0.211. The van der Waals surface area contributed by atoms with Crippen LogP contribution in [0, 0.1) is 0 Å².